The molecule has 0 fully saturated rings. The van der Waals surface area contributed by atoms with Crippen LogP contribution in [-0.4, -0.2) is 38.4 Å². The van der Waals surface area contributed by atoms with Crippen molar-refractivity contribution in [1.82, 2.24) is 0 Å². The summed E-state index contributed by atoms with van der Waals surface area (Å²) in [4.78, 5) is 11.6. The van der Waals surface area contributed by atoms with Crippen LogP contribution in [0.2, 0.25) is 0 Å². The van der Waals surface area contributed by atoms with E-state index in [1.807, 2.05) is 0 Å². The Bertz CT molecular complexity index is 373. The Morgan fingerprint density at radius 3 is 2.88 bits per heavy atom. The number of methoxy groups -OCH3 is 1. The van der Waals surface area contributed by atoms with Crippen molar-refractivity contribution in [1.29, 1.82) is 0 Å². The number of rotatable bonds is 6. The maximum atomic E-state index is 11.6. The van der Waals surface area contributed by atoms with Gasteiger partial charge in [-0.25, -0.2) is 10.7 Å². The summed E-state index contributed by atoms with van der Waals surface area (Å²) in [5.41, 5.74) is 0.698. The molecular formula is C10H14BNO5. The molecule has 7 heteroatoms. The lowest BCUT2D eigenvalue weighted by atomic mass is 9.79. The number of nitrogens with two attached hydrogens (primary N) is 1. The van der Waals surface area contributed by atoms with E-state index in [0.29, 0.717) is 17.6 Å². The standard InChI is InChI=1S/C10H14BNO5/c1-15-5-6-16-10(13)8-3-2-4-9(7-8)11(14)17-12/h2-4,7,14H,5-6,12H2,1H3. The molecule has 0 saturated carbocycles. The third-order valence-electron chi connectivity index (χ3n) is 2.06. The van der Waals surface area contributed by atoms with Crippen molar-refractivity contribution in [3.8, 4) is 0 Å². The first-order valence-electron chi connectivity index (χ1n) is 4.98. The predicted octanol–water partition coefficient (Wildman–Crippen LogP) is -0.932. The van der Waals surface area contributed by atoms with E-state index in [0.717, 1.165) is 0 Å². The highest BCUT2D eigenvalue weighted by molar-refractivity contribution is 6.59. The smallest absolute Gasteiger partial charge is 0.460 e. The molecule has 3 N–H and O–H groups in total. The highest BCUT2D eigenvalue weighted by Crippen LogP contribution is 2.00. The number of carbonyl (C=O) groups excluding carboxylic acids is 1. The second-order valence-electron chi connectivity index (χ2n) is 3.24. The number of esters is 1. The van der Waals surface area contributed by atoms with Crippen LogP contribution in [0.25, 0.3) is 0 Å². The Kier molecular flexibility index (Phi) is 5.64. The molecule has 0 saturated heterocycles. The Balaban J connectivity index is 2.67. The molecule has 0 heterocycles. The molecule has 0 aliphatic carbocycles. The molecule has 0 amide bonds. The summed E-state index contributed by atoms with van der Waals surface area (Å²) in [5.74, 6) is 4.35. The van der Waals surface area contributed by atoms with Gasteiger partial charge in [0, 0.05) is 7.11 Å². The average Bonchev–Trinajstić information content (AvgIpc) is 2.38. The van der Waals surface area contributed by atoms with Crippen LogP contribution in [0.3, 0.4) is 0 Å². The molecule has 0 aliphatic rings. The van der Waals surface area contributed by atoms with Crippen LogP contribution >= 0.6 is 0 Å². The quantitative estimate of drug-likeness (QED) is 0.288. The van der Waals surface area contributed by atoms with E-state index < -0.39 is 13.1 Å². The minimum absolute atomic E-state index is 0.176. The monoisotopic (exact) mass is 239 g/mol. The fraction of sp³-hybridized carbons (Fsp3) is 0.300. The molecule has 0 aliphatic heterocycles. The second kappa shape index (κ2) is 7.03. The van der Waals surface area contributed by atoms with E-state index in [1.54, 1.807) is 18.2 Å². The van der Waals surface area contributed by atoms with Gasteiger partial charge in [-0.1, -0.05) is 12.1 Å². The Labute approximate surface area is 99.4 Å². The summed E-state index contributed by atoms with van der Waals surface area (Å²) in [6.07, 6.45) is 0. The van der Waals surface area contributed by atoms with Crippen LogP contribution in [0.1, 0.15) is 10.4 Å². The molecule has 0 atom stereocenters. The first kappa shape index (κ1) is 13.7. The van der Waals surface area contributed by atoms with E-state index >= 15 is 0 Å². The highest BCUT2D eigenvalue weighted by Gasteiger charge is 2.17. The Hall–Kier alpha value is -1.41. The largest absolute Gasteiger partial charge is 0.508 e. The summed E-state index contributed by atoms with van der Waals surface area (Å²) in [5, 5.41) is 9.33. The van der Waals surface area contributed by atoms with Crippen LogP contribution in [0.5, 0.6) is 0 Å². The predicted molar refractivity (Wildman–Crippen MR) is 61.5 cm³/mol. The number of hydrogen-bond donors (Lipinski definition) is 2. The molecule has 1 aromatic rings. The SMILES string of the molecule is COCCOC(=O)c1cccc(B(O)ON)c1. The molecule has 0 spiro atoms. The summed E-state index contributed by atoms with van der Waals surface area (Å²) in [7, 11) is 0.255. The van der Waals surface area contributed by atoms with E-state index in [2.05, 4.69) is 4.76 Å². The Morgan fingerprint density at radius 1 is 1.47 bits per heavy atom. The minimum atomic E-state index is -1.26. The van der Waals surface area contributed by atoms with Gasteiger partial charge in [0.25, 0.3) is 0 Å². The van der Waals surface area contributed by atoms with Crippen molar-refractivity contribution in [3.05, 3.63) is 29.8 Å². The summed E-state index contributed by atoms with van der Waals surface area (Å²) >= 11 is 0. The van der Waals surface area contributed by atoms with Crippen LogP contribution in [-0.2, 0) is 14.2 Å². The lowest BCUT2D eigenvalue weighted by Crippen LogP contribution is -2.36. The molecule has 17 heavy (non-hydrogen) atoms. The fourth-order valence-corrected chi connectivity index (χ4v) is 1.20. The van der Waals surface area contributed by atoms with Gasteiger partial charge in [0.1, 0.15) is 6.61 Å². The molecule has 0 radical (unpaired) electrons. The van der Waals surface area contributed by atoms with E-state index in [-0.39, 0.29) is 6.61 Å². The van der Waals surface area contributed by atoms with E-state index in [1.165, 1.54) is 13.2 Å². The second-order valence-corrected chi connectivity index (χ2v) is 3.24. The summed E-state index contributed by atoms with van der Waals surface area (Å²) in [6, 6.07) is 6.21. The van der Waals surface area contributed by atoms with E-state index in [4.69, 9.17) is 15.4 Å². The van der Waals surface area contributed by atoms with Crippen molar-refractivity contribution in [2.75, 3.05) is 20.3 Å². The zero-order valence-electron chi connectivity index (χ0n) is 9.46. The normalized spacial score (nSPS) is 10.1. The molecule has 0 aromatic heterocycles. The maximum Gasteiger partial charge on any atom is 0.508 e. The van der Waals surface area contributed by atoms with Gasteiger partial charge in [0.15, 0.2) is 0 Å². The van der Waals surface area contributed by atoms with Gasteiger partial charge < -0.3 is 19.3 Å². The van der Waals surface area contributed by atoms with Gasteiger partial charge in [0.2, 0.25) is 0 Å². The number of benzene rings is 1. The molecule has 92 valence electrons. The highest BCUT2D eigenvalue weighted by atomic mass is 16.6. The van der Waals surface area contributed by atoms with Crippen LogP contribution < -0.4 is 11.4 Å². The zero-order valence-corrected chi connectivity index (χ0v) is 9.46. The average molecular weight is 239 g/mol. The molecule has 0 bridgehead atoms. The van der Waals surface area contributed by atoms with Crippen LogP contribution in [0, 0.1) is 0 Å². The van der Waals surface area contributed by atoms with Gasteiger partial charge in [-0.2, -0.15) is 0 Å². The van der Waals surface area contributed by atoms with Gasteiger partial charge >= 0.3 is 13.1 Å². The van der Waals surface area contributed by atoms with Crippen molar-refractivity contribution in [2.45, 2.75) is 0 Å². The zero-order chi connectivity index (χ0) is 12.7. The van der Waals surface area contributed by atoms with Crippen LogP contribution in [0.4, 0.5) is 0 Å². The molecule has 6 nitrogen and oxygen atoms in total. The summed E-state index contributed by atoms with van der Waals surface area (Å²) in [6.45, 7) is 0.509. The molecule has 0 unspecified atom stereocenters. The Morgan fingerprint density at radius 2 is 2.24 bits per heavy atom. The molecule has 1 rings (SSSR count). The molecular weight excluding hydrogens is 225 g/mol. The number of ether oxygens (including phenoxy) is 2. The first-order chi connectivity index (χ1) is 8.19. The maximum absolute atomic E-state index is 11.6. The van der Waals surface area contributed by atoms with Crippen molar-refractivity contribution < 1.29 is 24.0 Å². The van der Waals surface area contributed by atoms with Crippen molar-refractivity contribution in [3.63, 3.8) is 0 Å². The van der Waals surface area contributed by atoms with Crippen molar-refractivity contribution in [2.24, 2.45) is 5.90 Å². The number of carbonyl (C=O) groups is 1. The first-order valence-corrected chi connectivity index (χ1v) is 4.98. The third-order valence-corrected chi connectivity index (χ3v) is 2.06. The fourth-order valence-electron chi connectivity index (χ4n) is 1.20. The van der Waals surface area contributed by atoms with Gasteiger partial charge in [-0.15, -0.1) is 0 Å². The topological polar surface area (TPSA) is 91.0 Å². The van der Waals surface area contributed by atoms with E-state index in [9.17, 15) is 9.82 Å². The lowest BCUT2D eigenvalue weighted by Gasteiger charge is -2.06. The van der Waals surface area contributed by atoms with Crippen molar-refractivity contribution >= 4 is 18.6 Å². The minimum Gasteiger partial charge on any atom is -0.460 e. The van der Waals surface area contributed by atoms with Gasteiger partial charge in [-0.05, 0) is 17.6 Å². The van der Waals surface area contributed by atoms with Gasteiger partial charge in [0.05, 0.1) is 12.2 Å². The number of hydrogen-bond acceptors (Lipinski definition) is 6. The molecule has 1 aromatic carbocycles. The van der Waals surface area contributed by atoms with Crippen LogP contribution in [0.15, 0.2) is 24.3 Å². The third kappa shape index (κ3) is 4.16. The summed E-state index contributed by atoms with van der Waals surface area (Å²) < 4.78 is 13.9. The lowest BCUT2D eigenvalue weighted by molar-refractivity contribution is 0.0388. The van der Waals surface area contributed by atoms with Gasteiger partial charge in [-0.3, -0.25) is 0 Å².